The molecule has 3 rings (SSSR count). The highest BCUT2D eigenvalue weighted by Gasteiger charge is 2.34. The summed E-state index contributed by atoms with van der Waals surface area (Å²) < 4.78 is 11.5. The summed E-state index contributed by atoms with van der Waals surface area (Å²) in [5.41, 5.74) is 1.73. The van der Waals surface area contributed by atoms with Crippen LogP contribution < -0.4 is 15.4 Å². The highest BCUT2D eigenvalue weighted by Crippen LogP contribution is 2.24. The van der Waals surface area contributed by atoms with Crippen LogP contribution in [-0.4, -0.2) is 37.8 Å². The van der Waals surface area contributed by atoms with Crippen LogP contribution in [-0.2, 0) is 16.1 Å². The Hall–Kier alpha value is -1.59. The van der Waals surface area contributed by atoms with Crippen molar-refractivity contribution in [2.45, 2.75) is 51.6 Å². The average Bonchev–Trinajstić information content (AvgIpc) is 3.13. The lowest BCUT2D eigenvalue weighted by molar-refractivity contribution is -0.128. The van der Waals surface area contributed by atoms with Gasteiger partial charge in [0.15, 0.2) is 0 Å². The van der Waals surface area contributed by atoms with E-state index >= 15 is 0 Å². The normalized spacial score (nSPS) is 26.4. The molecule has 2 aliphatic rings. The maximum absolute atomic E-state index is 12.6. The van der Waals surface area contributed by atoms with Crippen LogP contribution in [0.3, 0.4) is 0 Å². The van der Waals surface area contributed by atoms with Crippen LogP contribution in [0.5, 0.6) is 5.75 Å². The Morgan fingerprint density at radius 3 is 3.04 bits per heavy atom. The van der Waals surface area contributed by atoms with Crippen molar-refractivity contribution < 1.29 is 14.3 Å². The predicted molar refractivity (Wildman–Crippen MR) is 97.7 cm³/mol. The molecule has 2 atom stereocenters. The topological polar surface area (TPSA) is 59.6 Å². The van der Waals surface area contributed by atoms with E-state index in [-0.39, 0.29) is 5.91 Å². The molecule has 1 amide bonds. The van der Waals surface area contributed by atoms with Crippen molar-refractivity contribution in [1.82, 2.24) is 10.6 Å². The van der Waals surface area contributed by atoms with Gasteiger partial charge in [-0.25, -0.2) is 0 Å². The third-order valence-corrected chi connectivity index (χ3v) is 5.28. The van der Waals surface area contributed by atoms with Crippen LogP contribution in [0.4, 0.5) is 0 Å². The fourth-order valence-electron chi connectivity index (χ4n) is 3.49. The van der Waals surface area contributed by atoms with Crippen LogP contribution in [0.25, 0.3) is 0 Å². The molecular formula is C20H30N2O3. The Kier molecular flexibility index (Phi) is 5.97. The molecule has 2 N–H and O–H groups in total. The van der Waals surface area contributed by atoms with Gasteiger partial charge in [-0.15, -0.1) is 0 Å². The van der Waals surface area contributed by atoms with Gasteiger partial charge >= 0.3 is 0 Å². The third kappa shape index (κ3) is 4.73. The van der Waals surface area contributed by atoms with E-state index in [9.17, 15) is 4.79 Å². The maximum atomic E-state index is 12.6. The molecule has 0 radical (unpaired) electrons. The Balaban J connectivity index is 1.60. The number of aryl methyl sites for hydroxylation is 1. The molecule has 2 fully saturated rings. The van der Waals surface area contributed by atoms with Gasteiger partial charge in [0.1, 0.15) is 5.75 Å². The van der Waals surface area contributed by atoms with Gasteiger partial charge < -0.3 is 20.1 Å². The van der Waals surface area contributed by atoms with E-state index in [1.807, 2.05) is 13.0 Å². The van der Waals surface area contributed by atoms with E-state index in [0.717, 1.165) is 62.3 Å². The second-order valence-corrected chi connectivity index (χ2v) is 7.55. The van der Waals surface area contributed by atoms with Gasteiger partial charge in [-0.2, -0.15) is 0 Å². The van der Waals surface area contributed by atoms with Crippen LogP contribution in [0.15, 0.2) is 18.2 Å². The zero-order valence-corrected chi connectivity index (χ0v) is 15.4. The van der Waals surface area contributed by atoms with E-state index in [4.69, 9.17) is 9.47 Å². The van der Waals surface area contributed by atoms with E-state index in [1.165, 1.54) is 0 Å². The van der Waals surface area contributed by atoms with Crippen molar-refractivity contribution in [1.29, 1.82) is 0 Å². The number of hydrogen-bond acceptors (Lipinski definition) is 4. The Morgan fingerprint density at radius 1 is 1.44 bits per heavy atom. The molecule has 1 aromatic rings. The first kappa shape index (κ1) is 18.2. The van der Waals surface area contributed by atoms with Crippen molar-refractivity contribution in [3.05, 3.63) is 29.3 Å². The highest BCUT2D eigenvalue weighted by molar-refractivity contribution is 5.86. The van der Waals surface area contributed by atoms with Crippen LogP contribution in [0.1, 0.15) is 43.7 Å². The molecule has 0 aromatic heterocycles. The average molecular weight is 346 g/mol. The summed E-state index contributed by atoms with van der Waals surface area (Å²) in [6, 6.07) is 6.16. The van der Waals surface area contributed by atoms with Crippen molar-refractivity contribution in [2.75, 3.05) is 26.4 Å². The van der Waals surface area contributed by atoms with Crippen molar-refractivity contribution in [3.8, 4) is 5.75 Å². The molecule has 1 aromatic carbocycles. The lowest BCUT2D eigenvalue weighted by atomic mass is 9.90. The molecule has 2 saturated heterocycles. The number of ether oxygens (including phenoxy) is 2. The standard InChI is InChI=1S/C20H30N2O3/c1-15-5-6-17(18(11-15)25-14-16-7-10-24-13-16)12-21-19(23)20(2)8-3-4-9-22-20/h5-6,11,16,22H,3-4,7-10,12-14H2,1-2H3,(H,21,23)/t16-,20+/m0/s1. The van der Waals surface area contributed by atoms with Crippen molar-refractivity contribution in [3.63, 3.8) is 0 Å². The first-order chi connectivity index (χ1) is 12.1. The largest absolute Gasteiger partial charge is 0.493 e. The smallest absolute Gasteiger partial charge is 0.240 e. The van der Waals surface area contributed by atoms with Crippen LogP contribution >= 0.6 is 0 Å². The second kappa shape index (κ2) is 8.19. The lowest BCUT2D eigenvalue weighted by Gasteiger charge is -2.33. The molecule has 0 saturated carbocycles. The van der Waals surface area contributed by atoms with E-state index < -0.39 is 5.54 Å². The molecule has 0 unspecified atom stereocenters. The first-order valence-corrected chi connectivity index (χ1v) is 9.40. The monoisotopic (exact) mass is 346 g/mol. The molecule has 0 spiro atoms. The summed E-state index contributed by atoms with van der Waals surface area (Å²) in [6.07, 6.45) is 4.18. The number of carbonyl (C=O) groups excluding carboxylic acids is 1. The third-order valence-electron chi connectivity index (χ3n) is 5.28. The van der Waals surface area contributed by atoms with Crippen LogP contribution in [0.2, 0.25) is 0 Å². The molecule has 5 nitrogen and oxygen atoms in total. The number of carbonyl (C=O) groups is 1. The minimum Gasteiger partial charge on any atom is -0.493 e. The number of rotatable bonds is 6. The Morgan fingerprint density at radius 2 is 2.32 bits per heavy atom. The molecule has 2 aliphatic heterocycles. The van der Waals surface area contributed by atoms with E-state index in [0.29, 0.717) is 19.1 Å². The Labute approximate surface area is 150 Å². The fourth-order valence-corrected chi connectivity index (χ4v) is 3.49. The van der Waals surface area contributed by atoms with Gasteiger partial charge in [-0.1, -0.05) is 12.1 Å². The summed E-state index contributed by atoms with van der Waals surface area (Å²) in [6.45, 7) is 7.73. The van der Waals surface area contributed by atoms with Gasteiger partial charge in [0.25, 0.3) is 0 Å². The minimum atomic E-state index is -0.453. The summed E-state index contributed by atoms with van der Waals surface area (Å²) in [7, 11) is 0. The molecule has 138 valence electrons. The quantitative estimate of drug-likeness (QED) is 0.831. The molecule has 0 bridgehead atoms. The molecule has 0 aliphatic carbocycles. The fraction of sp³-hybridized carbons (Fsp3) is 0.650. The Bertz CT molecular complexity index is 591. The molecule has 25 heavy (non-hydrogen) atoms. The van der Waals surface area contributed by atoms with E-state index in [2.05, 4.69) is 29.7 Å². The second-order valence-electron chi connectivity index (χ2n) is 7.55. The summed E-state index contributed by atoms with van der Waals surface area (Å²) >= 11 is 0. The molecular weight excluding hydrogens is 316 g/mol. The predicted octanol–water partition coefficient (Wildman–Crippen LogP) is 2.56. The highest BCUT2D eigenvalue weighted by atomic mass is 16.5. The SMILES string of the molecule is Cc1ccc(CNC(=O)[C@@]2(C)CCCCN2)c(OC[C@H]2CCOC2)c1. The van der Waals surface area contributed by atoms with Crippen molar-refractivity contribution in [2.24, 2.45) is 5.92 Å². The van der Waals surface area contributed by atoms with Gasteiger partial charge in [0.05, 0.1) is 18.8 Å². The van der Waals surface area contributed by atoms with Crippen molar-refractivity contribution >= 4 is 5.91 Å². The number of hydrogen-bond donors (Lipinski definition) is 2. The number of amides is 1. The number of piperidine rings is 1. The van der Waals surface area contributed by atoms with Crippen LogP contribution in [0, 0.1) is 12.8 Å². The molecule has 2 heterocycles. The summed E-state index contributed by atoms with van der Waals surface area (Å²) in [5, 5.41) is 6.45. The van der Waals surface area contributed by atoms with Gasteiger partial charge in [-0.05, 0) is 57.7 Å². The minimum absolute atomic E-state index is 0.0721. The van der Waals surface area contributed by atoms with Gasteiger partial charge in [-0.3, -0.25) is 4.79 Å². The van der Waals surface area contributed by atoms with Gasteiger partial charge in [0.2, 0.25) is 5.91 Å². The first-order valence-electron chi connectivity index (χ1n) is 9.40. The lowest BCUT2D eigenvalue weighted by Crippen LogP contribution is -2.56. The molecule has 5 heteroatoms. The number of nitrogens with one attached hydrogen (secondary N) is 2. The van der Waals surface area contributed by atoms with Gasteiger partial charge in [0, 0.05) is 24.6 Å². The summed E-state index contributed by atoms with van der Waals surface area (Å²) in [4.78, 5) is 12.6. The maximum Gasteiger partial charge on any atom is 0.240 e. The zero-order chi connectivity index (χ0) is 17.7. The number of benzene rings is 1. The zero-order valence-electron chi connectivity index (χ0n) is 15.4. The summed E-state index contributed by atoms with van der Waals surface area (Å²) in [5.74, 6) is 1.41. The van der Waals surface area contributed by atoms with E-state index in [1.54, 1.807) is 0 Å².